The second kappa shape index (κ2) is 9.33. The molecule has 1 fully saturated rings. The lowest BCUT2D eigenvalue weighted by Gasteiger charge is -2.38. The number of aryl methyl sites for hydroxylation is 1. The van der Waals surface area contributed by atoms with Crippen molar-refractivity contribution in [1.82, 2.24) is 24.7 Å². The Morgan fingerprint density at radius 2 is 1.89 bits per heavy atom. The van der Waals surface area contributed by atoms with Crippen molar-refractivity contribution in [3.8, 4) is 0 Å². The summed E-state index contributed by atoms with van der Waals surface area (Å²) in [5.74, 6) is 2.45. The SMILES string of the molecule is C.Cc1nc(CC2CC(Cn3ncc4cc(C(F)(F)F)ncc43)C2)nc2c1NC(=O)[C@H](C(C)C)N2C. The van der Waals surface area contributed by atoms with Crippen molar-refractivity contribution in [3.05, 3.63) is 35.7 Å². The number of pyridine rings is 1. The molecule has 1 saturated carbocycles. The average Bonchev–Trinajstić information content (AvgIpc) is 3.14. The van der Waals surface area contributed by atoms with Crippen molar-refractivity contribution >= 4 is 28.3 Å². The number of carbonyl (C=O) groups is 1. The molecule has 1 N–H and O–H groups in total. The number of hydrogen-bond donors (Lipinski definition) is 1. The molecule has 0 aromatic carbocycles. The molecule has 36 heavy (non-hydrogen) atoms. The van der Waals surface area contributed by atoms with Gasteiger partial charge in [0, 0.05) is 25.4 Å². The normalized spacial score (nSPS) is 21.7. The zero-order valence-electron chi connectivity index (χ0n) is 20.1. The summed E-state index contributed by atoms with van der Waals surface area (Å²) in [7, 11) is 1.90. The van der Waals surface area contributed by atoms with Crippen molar-refractivity contribution in [3.63, 3.8) is 0 Å². The Kier molecular flexibility index (Phi) is 6.70. The van der Waals surface area contributed by atoms with Gasteiger partial charge in [-0.15, -0.1) is 0 Å². The summed E-state index contributed by atoms with van der Waals surface area (Å²) >= 11 is 0. The number of aromatic nitrogens is 5. The Balaban J connectivity index is 0.00000304. The minimum absolute atomic E-state index is 0. The smallest absolute Gasteiger partial charge is 0.346 e. The van der Waals surface area contributed by atoms with Gasteiger partial charge < -0.3 is 10.2 Å². The average molecular weight is 504 g/mol. The molecule has 1 atom stereocenters. The van der Waals surface area contributed by atoms with Gasteiger partial charge in [0.05, 0.1) is 23.6 Å². The summed E-state index contributed by atoms with van der Waals surface area (Å²) < 4.78 is 40.5. The Morgan fingerprint density at radius 1 is 1.17 bits per heavy atom. The number of nitrogens with one attached hydrogen (secondary N) is 1. The van der Waals surface area contributed by atoms with Crippen molar-refractivity contribution < 1.29 is 18.0 Å². The van der Waals surface area contributed by atoms with Gasteiger partial charge in [-0.1, -0.05) is 21.3 Å². The van der Waals surface area contributed by atoms with E-state index in [1.807, 2.05) is 32.7 Å². The van der Waals surface area contributed by atoms with Gasteiger partial charge >= 0.3 is 6.18 Å². The molecule has 1 amide bonds. The third kappa shape index (κ3) is 4.62. The maximum absolute atomic E-state index is 12.9. The van der Waals surface area contributed by atoms with E-state index in [0.29, 0.717) is 35.0 Å². The van der Waals surface area contributed by atoms with Crippen molar-refractivity contribution in [2.24, 2.45) is 17.8 Å². The van der Waals surface area contributed by atoms with E-state index < -0.39 is 11.9 Å². The van der Waals surface area contributed by atoms with Crippen LogP contribution in [0.1, 0.15) is 51.3 Å². The highest BCUT2D eigenvalue weighted by atomic mass is 19.4. The Hall–Kier alpha value is -3.24. The predicted octanol–water partition coefficient (Wildman–Crippen LogP) is 4.87. The number of amides is 1. The van der Waals surface area contributed by atoms with Crippen LogP contribution >= 0.6 is 0 Å². The van der Waals surface area contributed by atoms with Gasteiger partial charge in [0.1, 0.15) is 23.2 Å². The first-order valence-electron chi connectivity index (χ1n) is 11.8. The number of alkyl halides is 3. The van der Waals surface area contributed by atoms with Gasteiger partial charge in [-0.2, -0.15) is 18.3 Å². The monoisotopic (exact) mass is 503 g/mol. The molecule has 0 radical (unpaired) electrons. The maximum Gasteiger partial charge on any atom is 0.433 e. The second-order valence-electron chi connectivity index (χ2n) is 10.1. The zero-order valence-corrected chi connectivity index (χ0v) is 20.1. The van der Waals surface area contributed by atoms with Gasteiger partial charge in [-0.05, 0) is 43.6 Å². The van der Waals surface area contributed by atoms with E-state index in [1.165, 1.54) is 12.4 Å². The van der Waals surface area contributed by atoms with Crippen molar-refractivity contribution in [2.45, 2.75) is 66.2 Å². The molecular weight excluding hydrogens is 471 g/mol. The van der Waals surface area contributed by atoms with E-state index in [-0.39, 0.29) is 25.3 Å². The number of carbonyl (C=O) groups excluding carboxylic acids is 1. The molecule has 0 saturated heterocycles. The van der Waals surface area contributed by atoms with E-state index in [1.54, 1.807) is 4.68 Å². The predicted molar refractivity (Wildman–Crippen MR) is 132 cm³/mol. The van der Waals surface area contributed by atoms with E-state index in [9.17, 15) is 18.0 Å². The van der Waals surface area contributed by atoms with Gasteiger partial charge in [0.25, 0.3) is 0 Å². The summed E-state index contributed by atoms with van der Waals surface area (Å²) in [4.78, 5) is 27.5. The number of hydrogen-bond acceptors (Lipinski definition) is 6. The third-order valence-corrected chi connectivity index (χ3v) is 7.07. The summed E-state index contributed by atoms with van der Waals surface area (Å²) in [6.45, 7) is 6.56. The highest BCUT2D eigenvalue weighted by Crippen LogP contribution is 2.39. The molecule has 1 aliphatic carbocycles. The van der Waals surface area contributed by atoms with Crippen LogP contribution in [0.15, 0.2) is 18.5 Å². The molecule has 0 spiro atoms. The van der Waals surface area contributed by atoms with Crippen LogP contribution in [0.25, 0.3) is 10.9 Å². The van der Waals surface area contributed by atoms with Crippen LogP contribution in [0, 0.1) is 24.7 Å². The number of halogens is 3. The van der Waals surface area contributed by atoms with Crippen LogP contribution in [0.3, 0.4) is 0 Å². The van der Waals surface area contributed by atoms with Crippen LogP contribution < -0.4 is 10.2 Å². The van der Waals surface area contributed by atoms with Crippen LogP contribution in [-0.4, -0.2) is 43.7 Å². The molecule has 0 bridgehead atoms. The molecule has 3 aromatic rings. The van der Waals surface area contributed by atoms with Gasteiger partial charge in [0.2, 0.25) is 5.91 Å². The number of likely N-dealkylation sites (N-methyl/N-ethyl adjacent to an activating group) is 1. The van der Waals surface area contributed by atoms with Crippen LogP contribution in [-0.2, 0) is 23.9 Å². The third-order valence-electron chi connectivity index (χ3n) is 7.07. The van der Waals surface area contributed by atoms with Crippen LogP contribution in [0.2, 0.25) is 0 Å². The van der Waals surface area contributed by atoms with Gasteiger partial charge in [-0.25, -0.2) is 15.0 Å². The Morgan fingerprint density at radius 3 is 2.56 bits per heavy atom. The molecule has 11 heteroatoms. The quantitative estimate of drug-likeness (QED) is 0.535. The van der Waals surface area contributed by atoms with E-state index >= 15 is 0 Å². The second-order valence-corrected chi connectivity index (χ2v) is 10.1. The summed E-state index contributed by atoms with van der Waals surface area (Å²) in [6.07, 6.45) is 0.933. The zero-order chi connectivity index (χ0) is 25.1. The molecule has 2 aliphatic rings. The summed E-state index contributed by atoms with van der Waals surface area (Å²) in [5, 5.41) is 7.70. The Labute approximate surface area is 208 Å². The molecule has 1 aliphatic heterocycles. The van der Waals surface area contributed by atoms with Crippen molar-refractivity contribution in [2.75, 3.05) is 17.3 Å². The Bertz CT molecular complexity index is 1280. The van der Waals surface area contributed by atoms with E-state index in [2.05, 4.69) is 20.4 Å². The fourth-order valence-corrected chi connectivity index (χ4v) is 5.33. The highest BCUT2D eigenvalue weighted by Gasteiger charge is 2.37. The van der Waals surface area contributed by atoms with Gasteiger partial charge in [0.15, 0.2) is 5.82 Å². The molecule has 3 aromatic heterocycles. The maximum atomic E-state index is 12.9. The first kappa shape index (κ1) is 25.8. The lowest BCUT2D eigenvalue weighted by molar-refractivity contribution is -0.141. The molecular formula is C25H32F3N7O. The fourth-order valence-electron chi connectivity index (χ4n) is 5.33. The number of rotatable bonds is 5. The molecule has 0 unspecified atom stereocenters. The van der Waals surface area contributed by atoms with Gasteiger partial charge in [-0.3, -0.25) is 9.48 Å². The minimum Gasteiger partial charge on any atom is -0.346 e. The lowest BCUT2D eigenvalue weighted by Crippen LogP contribution is -2.49. The molecule has 5 rings (SSSR count). The molecule has 194 valence electrons. The molecule has 4 heterocycles. The van der Waals surface area contributed by atoms with E-state index in [4.69, 9.17) is 4.98 Å². The number of anilines is 2. The van der Waals surface area contributed by atoms with Crippen LogP contribution in [0.4, 0.5) is 24.7 Å². The first-order chi connectivity index (χ1) is 16.5. The standard InChI is InChI=1S/C24H28F3N7O.CH4/c1-12(2)21-23(35)32-20-13(3)30-19(31-22(20)33(21)4)7-14-5-15(6-14)11-34-17-10-28-18(24(25,26)27)8-16(17)9-29-34;/h8-10,12,14-15,21H,5-7,11H2,1-4H3,(H,32,35);1H4/t14?,15?,21-;/m0./s1. The topological polar surface area (TPSA) is 88.8 Å². The lowest BCUT2D eigenvalue weighted by atomic mass is 9.73. The largest absolute Gasteiger partial charge is 0.433 e. The first-order valence-corrected chi connectivity index (χ1v) is 11.8. The fraction of sp³-hybridized carbons (Fsp3) is 0.560. The number of fused-ring (bicyclic) bond motifs is 2. The number of nitrogens with zero attached hydrogens (tertiary/aromatic N) is 6. The molecule has 8 nitrogen and oxygen atoms in total. The summed E-state index contributed by atoms with van der Waals surface area (Å²) in [6, 6.07) is 0.768. The minimum atomic E-state index is -4.47. The highest BCUT2D eigenvalue weighted by molar-refractivity contribution is 6.03. The summed E-state index contributed by atoms with van der Waals surface area (Å²) in [5.41, 5.74) is 1.15. The van der Waals surface area contributed by atoms with Crippen LogP contribution in [0.5, 0.6) is 0 Å². The van der Waals surface area contributed by atoms with Crippen molar-refractivity contribution in [1.29, 1.82) is 0 Å². The van der Waals surface area contributed by atoms with E-state index in [0.717, 1.165) is 42.7 Å².